The number of carbonyl (C=O) groups is 1. The van der Waals surface area contributed by atoms with Crippen molar-refractivity contribution >= 4 is 22.6 Å². The first-order chi connectivity index (χ1) is 13.6. The predicted octanol–water partition coefficient (Wildman–Crippen LogP) is 3.85. The van der Waals surface area contributed by atoms with Crippen molar-refractivity contribution < 1.29 is 14.3 Å². The lowest BCUT2D eigenvalue weighted by Crippen LogP contribution is -2.23. The number of carbonyl (C=O) groups excluding carboxylic acids is 1. The second-order valence-electron chi connectivity index (χ2n) is 7.39. The van der Waals surface area contributed by atoms with E-state index in [1.54, 1.807) is 0 Å². The summed E-state index contributed by atoms with van der Waals surface area (Å²) < 4.78 is 13.1. The summed E-state index contributed by atoms with van der Waals surface area (Å²) in [4.78, 5) is 12.6. The first kappa shape index (κ1) is 18.5. The van der Waals surface area contributed by atoms with Crippen LogP contribution in [0.15, 0.2) is 48.5 Å². The van der Waals surface area contributed by atoms with Crippen LogP contribution in [0.3, 0.4) is 0 Å². The van der Waals surface area contributed by atoms with Gasteiger partial charge in [0.2, 0.25) is 5.91 Å². The number of aromatic nitrogens is 2. The predicted molar refractivity (Wildman–Crippen MR) is 109 cm³/mol. The molecule has 1 atom stereocenters. The lowest BCUT2D eigenvalue weighted by molar-refractivity contribution is -0.119. The number of ether oxygens (including phenoxy) is 2. The van der Waals surface area contributed by atoms with Gasteiger partial charge >= 0.3 is 0 Å². The van der Waals surface area contributed by atoms with E-state index in [-0.39, 0.29) is 17.9 Å². The molecule has 1 fully saturated rings. The van der Waals surface area contributed by atoms with Gasteiger partial charge in [0, 0.05) is 18.1 Å². The fourth-order valence-electron chi connectivity index (χ4n) is 3.43. The molecule has 1 amide bonds. The van der Waals surface area contributed by atoms with Crippen LogP contribution in [0.25, 0.3) is 10.9 Å². The Kier molecular flexibility index (Phi) is 5.30. The molecule has 1 aliphatic heterocycles. The lowest BCUT2D eigenvalue weighted by Gasteiger charge is -2.10. The highest BCUT2D eigenvalue weighted by Crippen LogP contribution is 2.29. The van der Waals surface area contributed by atoms with Gasteiger partial charge in [-0.15, -0.1) is 0 Å². The van der Waals surface area contributed by atoms with Gasteiger partial charge in [0.25, 0.3) is 0 Å². The number of fused-ring (bicyclic) bond motifs is 1. The SMILES string of the molecule is CC(C)Oc1ccc2c(NC(=O)[C@@H]3CCOC3)nn(Cc3ccccc3)c2c1. The van der Waals surface area contributed by atoms with Crippen molar-refractivity contribution in [3.05, 3.63) is 54.1 Å². The van der Waals surface area contributed by atoms with Gasteiger partial charge in [0.1, 0.15) is 5.75 Å². The molecule has 1 saturated heterocycles. The lowest BCUT2D eigenvalue weighted by atomic mass is 10.1. The highest BCUT2D eigenvalue weighted by Gasteiger charge is 2.25. The number of hydrogen-bond donors (Lipinski definition) is 1. The first-order valence-corrected chi connectivity index (χ1v) is 9.70. The highest BCUT2D eigenvalue weighted by molar-refractivity contribution is 6.01. The van der Waals surface area contributed by atoms with E-state index < -0.39 is 0 Å². The van der Waals surface area contributed by atoms with E-state index in [2.05, 4.69) is 17.4 Å². The molecular formula is C22H25N3O3. The molecule has 0 spiro atoms. The van der Waals surface area contributed by atoms with Crippen molar-refractivity contribution in [1.29, 1.82) is 0 Å². The Morgan fingerprint density at radius 3 is 2.82 bits per heavy atom. The van der Waals surface area contributed by atoms with E-state index in [1.165, 1.54) is 0 Å². The third-order valence-corrected chi connectivity index (χ3v) is 4.81. The van der Waals surface area contributed by atoms with E-state index in [9.17, 15) is 4.79 Å². The quantitative estimate of drug-likeness (QED) is 0.707. The van der Waals surface area contributed by atoms with E-state index in [4.69, 9.17) is 14.6 Å². The third kappa shape index (κ3) is 4.02. The molecule has 6 nitrogen and oxygen atoms in total. The van der Waals surface area contributed by atoms with Crippen molar-refractivity contribution in [3.8, 4) is 5.75 Å². The van der Waals surface area contributed by atoms with E-state index in [0.29, 0.717) is 25.6 Å². The molecule has 0 saturated carbocycles. The average Bonchev–Trinajstić information content (AvgIpc) is 3.31. The minimum atomic E-state index is -0.113. The molecule has 4 rings (SSSR count). The van der Waals surface area contributed by atoms with Gasteiger partial charge in [-0.1, -0.05) is 30.3 Å². The summed E-state index contributed by atoms with van der Waals surface area (Å²) in [6, 6.07) is 16.0. The topological polar surface area (TPSA) is 65.4 Å². The molecular weight excluding hydrogens is 354 g/mol. The molecule has 0 aliphatic carbocycles. The van der Waals surface area contributed by atoms with Gasteiger partial charge in [0.05, 0.1) is 30.7 Å². The van der Waals surface area contributed by atoms with Crippen molar-refractivity contribution in [3.63, 3.8) is 0 Å². The van der Waals surface area contributed by atoms with E-state index in [0.717, 1.165) is 28.6 Å². The second kappa shape index (κ2) is 8.02. The van der Waals surface area contributed by atoms with Crippen LogP contribution in [-0.4, -0.2) is 35.0 Å². The van der Waals surface area contributed by atoms with Gasteiger partial charge in [-0.2, -0.15) is 5.10 Å². The van der Waals surface area contributed by atoms with Gasteiger partial charge in [-0.05, 0) is 38.0 Å². The number of amides is 1. The Morgan fingerprint density at radius 1 is 1.29 bits per heavy atom. The molecule has 1 aromatic heterocycles. The molecule has 1 aliphatic rings. The summed E-state index contributed by atoms with van der Waals surface area (Å²) >= 11 is 0. The van der Waals surface area contributed by atoms with Crippen LogP contribution in [0.1, 0.15) is 25.8 Å². The van der Waals surface area contributed by atoms with Gasteiger partial charge < -0.3 is 14.8 Å². The zero-order valence-electron chi connectivity index (χ0n) is 16.2. The largest absolute Gasteiger partial charge is 0.491 e. The first-order valence-electron chi connectivity index (χ1n) is 9.70. The number of benzene rings is 2. The van der Waals surface area contributed by atoms with Crippen LogP contribution in [0, 0.1) is 5.92 Å². The molecule has 6 heteroatoms. The van der Waals surface area contributed by atoms with Crippen LogP contribution in [0.2, 0.25) is 0 Å². The van der Waals surface area contributed by atoms with E-state index >= 15 is 0 Å². The molecule has 2 aromatic carbocycles. The van der Waals surface area contributed by atoms with Gasteiger partial charge in [0.15, 0.2) is 5.82 Å². The Bertz CT molecular complexity index is 960. The summed E-state index contributed by atoms with van der Waals surface area (Å²) in [5, 5.41) is 8.61. The van der Waals surface area contributed by atoms with Crippen LogP contribution in [0.4, 0.5) is 5.82 Å². The van der Waals surface area contributed by atoms with Crippen LogP contribution in [-0.2, 0) is 16.1 Å². The number of nitrogens with one attached hydrogen (secondary N) is 1. The normalized spacial score (nSPS) is 16.6. The Morgan fingerprint density at radius 2 is 2.11 bits per heavy atom. The van der Waals surface area contributed by atoms with Crippen LogP contribution < -0.4 is 10.1 Å². The average molecular weight is 379 g/mol. The summed E-state index contributed by atoms with van der Waals surface area (Å²) in [5.74, 6) is 1.22. The van der Waals surface area contributed by atoms with E-state index in [1.807, 2.05) is 54.9 Å². The molecule has 146 valence electrons. The monoisotopic (exact) mass is 379 g/mol. The molecule has 0 unspecified atom stereocenters. The number of rotatable bonds is 6. The summed E-state index contributed by atoms with van der Waals surface area (Å²) in [6.45, 7) is 5.73. The smallest absolute Gasteiger partial charge is 0.231 e. The van der Waals surface area contributed by atoms with Crippen molar-refractivity contribution in [2.45, 2.75) is 32.9 Å². The molecule has 0 bridgehead atoms. The fourth-order valence-corrected chi connectivity index (χ4v) is 3.43. The summed E-state index contributed by atoms with van der Waals surface area (Å²) in [7, 11) is 0. The second-order valence-corrected chi connectivity index (χ2v) is 7.39. The van der Waals surface area contributed by atoms with Crippen molar-refractivity contribution in [2.75, 3.05) is 18.5 Å². The highest BCUT2D eigenvalue weighted by atomic mass is 16.5. The van der Waals surface area contributed by atoms with Crippen LogP contribution >= 0.6 is 0 Å². The number of anilines is 1. The Balaban J connectivity index is 1.69. The Hall–Kier alpha value is -2.86. The fraction of sp³-hybridized carbons (Fsp3) is 0.364. The summed E-state index contributed by atoms with van der Waals surface area (Å²) in [6.07, 6.45) is 0.838. The standard InChI is InChI=1S/C22H25N3O3/c1-15(2)28-18-8-9-19-20(12-18)25(13-16-6-4-3-5-7-16)24-21(19)23-22(26)17-10-11-27-14-17/h3-9,12,15,17H,10-11,13-14H2,1-2H3,(H,23,24,26)/t17-/m1/s1. The molecule has 1 N–H and O–H groups in total. The third-order valence-electron chi connectivity index (χ3n) is 4.81. The minimum absolute atomic E-state index is 0.0359. The number of nitrogens with zero attached hydrogens (tertiary/aromatic N) is 2. The van der Waals surface area contributed by atoms with Gasteiger partial charge in [-0.25, -0.2) is 0 Å². The van der Waals surface area contributed by atoms with Crippen molar-refractivity contribution in [2.24, 2.45) is 5.92 Å². The molecule has 0 radical (unpaired) electrons. The molecule has 3 aromatic rings. The molecule has 28 heavy (non-hydrogen) atoms. The maximum atomic E-state index is 12.6. The maximum Gasteiger partial charge on any atom is 0.231 e. The zero-order valence-corrected chi connectivity index (χ0v) is 16.2. The van der Waals surface area contributed by atoms with Crippen molar-refractivity contribution in [1.82, 2.24) is 9.78 Å². The Labute approximate surface area is 164 Å². The molecule has 2 heterocycles. The zero-order chi connectivity index (χ0) is 19.5. The van der Waals surface area contributed by atoms with Gasteiger partial charge in [-0.3, -0.25) is 9.48 Å². The number of hydrogen-bond acceptors (Lipinski definition) is 4. The minimum Gasteiger partial charge on any atom is -0.491 e. The van der Waals surface area contributed by atoms with Crippen LogP contribution in [0.5, 0.6) is 5.75 Å². The maximum absolute atomic E-state index is 12.6. The summed E-state index contributed by atoms with van der Waals surface area (Å²) in [5.41, 5.74) is 2.07.